The zero-order chi connectivity index (χ0) is 19.2. The minimum atomic E-state index is -0.353. The topological polar surface area (TPSA) is 48.0 Å². The molecule has 1 saturated heterocycles. The van der Waals surface area contributed by atoms with Crippen LogP contribution in [0.25, 0.3) is 0 Å². The predicted molar refractivity (Wildman–Crippen MR) is 100 cm³/mol. The molecular weight excluding hydrogens is 349 g/mol. The molecule has 27 heavy (non-hydrogen) atoms. The van der Waals surface area contributed by atoms with Crippen LogP contribution in [0.1, 0.15) is 23.2 Å². The van der Waals surface area contributed by atoms with E-state index in [0.717, 1.165) is 12.8 Å². The second kappa shape index (κ2) is 8.75. The molecule has 6 heteroatoms. The number of piperidine rings is 1. The van der Waals surface area contributed by atoms with Crippen molar-refractivity contribution < 1.29 is 23.4 Å². The van der Waals surface area contributed by atoms with Gasteiger partial charge in [0.05, 0.1) is 20.8 Å². The van der Waals surface area contributed by atoms with Gasteiger partial charge in [-0.05, 0) is 43.0 Å². The zero-order valence-electron chi connectivity index (χ0n) is 15.6. The Hall–Kier alpha value is -2.76. The van der Waals surface area contributed by atoms with E-state index in [2.05, 4.69) is 0 Å². The van der Waals surface area contributed by atoms with Crippen molar-refractivity contribution in [3.8, 4) is 17.2 Å². The van der Waals surface area contributed by atoms with Crippen molar-refractivity contribution in [2.75, 3.05) is 33.9 Å². The molecule has 0 atom stereocenters. The van der Waals surface area contributed by atoms with Crippen LogP contribution >= 0.6 is 0 Å². The maximum absolute atomic E-state index is 13.6. The Kier molecular flexibility index (Phi) is 6.16. The van der Waals surface area contributed by atoms with Crippen LogP contribution in [-0.4, -0.2) is 44.7 Å². The van der Waals surface area contributed by atoms with Crippen molar-refractivity contribution >= 4 is 5.91 Å². The standard InChI is InChI=1S/C21H24FNO4/c1-25-18-8-5-9-19(26-2)20(18)21(24)23-12-10-15(11-13-23)14-27-17-7-4-3-6-16(17)22/h3-9,15H,10-14H2,1-2H3. The molecule has 0 aliphatic carbocycles. The van der Waals surface area contributed by atoms with Crippen LogP contribution in [0, 0.1) is 11.7 Å². The molecule has 0 unspecified atom stereocenters. The molecule has 2 aromatic rings. The monoisotopic (exact) mass is 373 g/mol. The third-order valence-corrected chi connectivity index (χ3v) is 4.85. The minimum absolute atomic E-state index is 0.0993. The van der Waals surface area contributed by atoms with Crippen LogP contribution < -0.4 is 14.2 Å². The average Bonchev–Trinajstić information content (AvgIpc) is 2.72. The molecule has 1 heterocycles. The number of para-hydroxylation sites is 1. The number of carbonyl (C=O) groups is 1. The number of ether oxygens (including phenoxy) is 3. The number of nitrogens with zero attached hydrogens (tertiary/aromatic N) is 1. The normalized spacial score (nSPS) is 14.7. The second-order valence-electron chi connectivity index (χ2n) is 6.51. The first-order valence-electron chi connectivity index (χ1n) is 9.01. The summed E-state index contributed by atoms with van der Waals surface area (Å²) in [4.78, 5) is 14.8. The lowest BCUT2D eigenvalue weighted by molar-refractivity contribution is 0.0653. The van der Waals surface area contributed by atoms with Gasteiger partial charge in [-0.2, -0.15) is 0 Å². The molecule has 0 bridgehead atoms. The lowest BCUT2D eigenvalue weighted by Gasteiger charge is -2.32. The molecule has 5 nitrogen and oxygen atoms in total. The second-order valence-corrected chi connectivity index (χ2v) is 6.51. The first-order chi connectivity index (χ1) is 13.1. The van der Waals surface area contributed by atoms with Gasteiger partial charge in [-0.15, -0.1) is 0 Å². The van der Waals surface area contributed by atoms with Gasteiger partial charge in [-0.25, -0.2) is 4.39 Å². The van der Waals surface area contributed by atoms with Crippen molar-refractivity contribution in [3.05, 3.63) is 53.8 Å². The third kappa shape index (κ3) is 4.32. The third-order valence-electron chi connectivity index (χ3n) is 4.85. The van der Waals surface area contributed by atoms with E-state index in [9.17, 15) is 9.18 Å². The molecule has 1 fully saturated rings. The number of benzene rings is 2. The number of rotatable bonds is 6. The van der Waals surface area contributed by atoms with Gasteiger partial charge in [0.2, 0.25) is 0 Å². The lowest BCUT2D eigenvalue weighted by Crippen LogP contribution is -2.40. The van der Waals surface area contributed by atoms with Crippen molar-refractivity contribution in [2.45, 2.75) is 12.8 Å². The van der Waals surface area contributed by atoms with E-state index in [-0.39, 0.29) is 23.4 Å². The first kappa shape index (κ1) is 19.0. The predicted octanol–water partition coefficient (Wildman–Crippen LogP) is 3.77. The van der Waals surface area contributed by atoms with Gasteiger partial charge in [-0.1, -0.05) is 18.2 Å². The van der Waals surface area contributed by atoms with Crippen LogP contribution in [0.5, 0.6) is 17.2 Å². The van der Waals surface area contributed by atoms with Crippen LogP contribution in [0.3, 0.4) is 0 Å². The van der Waals surface area contributed by atoms with E-state index in [1.165, 1.54) is 20.3 Å². The Bertz CT molecular complexity index is 765. The summed E-state index contributed by atoms with van der Waals surface area (Å²) in [5, 5.41) is 0. The molecule has 0 aromatic heterocycles. The zero-order valence-corrected chi connectivity index (χ0v) is 15.6. The number of hydrogen-bond acceptors (Lipinski definition) is 4. The number of halogens is 1. The van der Waals surface area contributed by atoms with Crippen LogP contribution in [0.15, 0.2) is 42.5 Å². The molecule has 2 aromatic carbocycles. The lowest BCUT2D eigenvalue weighted by atomic mass is 9.97. The van der Waals surface area contributed by atoms with Gasteiger partial charge in [0.1, 0.15) is 17.1 Å². The highest BCUT2D eigenvalue weighted by Crippen LogP contribution is 2.31. The molecular formula is C21H24FNO4. The van der Waals surface area contributed by atoms with Crippen molar-refractivity contribution in [3.63, 3.8) is 0 Å². The minimum Gasteiger partial charge on any atom is -0.496 e. The summed E-state index contributed by atoms with van der Waals surface area (Å²) in [6, 6.07) is 11.7. The maximum Gasteiger partial charge on any atom is 0.261 e. The molecule has 1 amide bonds. The smallest absolute Gasteiger partial charge is 0.261 e. The summed E-state index contributed by atoms with van der Waals surface area (Å²) >= 11 is 0. The number of amides is 1. The summed E-state index contributed by atoms with van der Waals surface area (Å²) in [5.74, 6) is 1.11. The number of carbonyl (C=O) groups excluding carboxylic acids is 1. The fourth-order valence-corrected chi connectivity index (χ4v) is 3.29. The quantitative estimate of drug-likeness (QED) is 0.773. The molecule has 0 spiro atoms. The fourth-order valence-electron chi connectivity index (χ4n) is 3.29. The Morgan fingerprint density at radius 3 is 2.19 bits per heavy atom. The van der Waals surface area contributed by atoms with E-state index in [4.69, 9.17) is 14.2 Å². The summed E-state index contributed by atoms with van der Waals surface area (Å²) in [7, 11) is 3.08. The first-order valence-corrected chi connectivity index (χ1v) is 9.01. The van der Waals surface area contributed by atoms with E-state index < -0.39 is 0 Å². The van der Waals surface area contributed by atoms with E-state index >= 15 is 0 Å². The molecule has 0 saturated carbocycles. The molecule has 3 rings (SSSR count). The Balaban J connectivity index is 1.59. The summed E-state index contributed by atoms with van der Waals surface area (Å²) in [5.41, 5.74) is 0.448. The number of likely N-dealkylation sites (tertiary alicyclic amines) is 1. The van der Waals surface area contributed by atoms with Crippen molar-refractivity contribution in [2.24, 2.45) is 5.92 Å². The highest BCUT2D eigenvalue weighted by atomic mass is 19.1. The van der Waals surface area contributed by atoms with Gasteiger partial charge in [0.15, 0.2) is 11.6 Å². The summed E-state index contributed by atoms with van der Waals surface area (Å²) in [6.07, 6.45) is 1.61. The SMILES string of the molecule is COc1cccc(OC)c1C(=O)N1CCC(COc2ccccc2F)CC1. The van der Waals surface area contributed by atoms with Gasteiger partial charge < -0.3 is 19.1 Å². The van der Waals surface area contributed by atoms with Crippen LogP contribution in [0.4, 0.5) is 4.39 Å². The van der Waals surface area contributed by atoms with Crippen molar-refractivity contribution in [1.29, 1.82) is 0 Å². The van der Waals surface area contributed by atoms with E-state index in [1.807, 2.05) is 0 Å². The largest absolute Gasteiger partial charge is 0.496 e. The summed E-state index contributed by atoms with van der Waals surface area (Å²) in [6.45, 7) is 1.68. The molecule has 144 valence electrons. The van der Waals surface area contributed by atoms with E-state index in [1.54, 1.807) is 41.3 Å². The van der Waals surface area contributed by atoms with E-state index in [0.29, 0.717) is 36.8 Å². The van der Waals surface area contributed by atoms with Crippen LogP contribution in [-0.2, 0) is 0 Å². The fraction of sp³-hybridized carbons (Fsp3) is 0.381. The summed E-state index contributed by atoms with van der Waals surface area (Å²) < 4.78 is 29.9. The maximum atomic E-state index is 13.6. The highest BCUT2D eigenvalue weighted by Gasteiger charge is 2.28. The molecule has 0 radical (unpaired) electrons. The van der Waals surface area contributed by atoms with Crippen LogP contribution in [0.2, 0.25) is 0 Å². The molecule has 1 aliphatic rings. The Morgan fingerprint density at radius 2 is 1.59 bits per heavy atom. The van der Waals surface area contributed by atoms with Gasteiger partial charge >= 0.3 is 0 Å². The Labute approximate surface area is 158 Å². The molecule has 0 N–H and O–H groups in total. The average molecular weight is 373 g/mol. The number of methoxy groups -OCH3 is 2. The van der Waals surface area contributed by atoms with Gasteiger partial charge in [0, 0.05) is 13.1 Å². The molecule has 1 aliphatic heterocycles. The highest BCUT2D eigenvalue weighted by molar-refractivity contribution is 5.99. The Morgan fingerprint density at radius 1 is 1.00 bits per heavy atom. The van der Waals surface area contributed by atoms with Gasteiger partial charge in [0.25, 0.3) is 5.91 Å². The number of hydrogen-bond donors (Lipinski definition) is 0. The van der Waals surface area contributed by atoms with Gasteiger partial charge in [-0.3, -0.25) is 4.79 Å². The van der Waals surface area contributed by atoms with Crippen molar-refractivity contribution in [1.82, 2.24) is 4.90 Å².